The van der Waals surface area contributed by atoms with Gasteiger partial charge >= 0.3 is 11.9 Å². The van der Waals surface area contributed by atoms with Gasteiger partial charge in [0.05, 0.1) is 27.7 Å². The maximum absolute atomic E-state index is 12.9. The number of carbonyl (C=O) groups excluding carboxylic acids is 2. The van der Waals surface area contributed by atoms with Crippen LogP contribution in [0.2, 0.25) is 0 Å². The van der Waals surface area contributed by atoms with Crippen LogP contribution < -0.4 is 4.89 Å². The molecule has 10 heteroatoms. The van der Waals surface area contributed by atoms with Gasteiger partial charge in [0.25, 0.3) is 7.82 Å². The Hall–Kier alpha value is -2.55. The van der Waals surface area contributed by atoms with Crippen molar-refractivity contribution in [2.24, 2.45) is 0 Å². The van der Waals surface area contributed by atoms with E-state index in [2.05, 4.69) is 86.8 Å². The average Bonchev–Trinajstić information content (AvgIpc) is 0.999. The summed E-state index contributed by atoms with van der Waals surface area (Å²) in [4.78, 5) is 38.2. The molecule has 0 aromatic rings. The van der Waals surface area contributed by atoms with Crippen molar-refractivity contribution in [1.82, 2.24) is 0 Å². The molecule has 0 spiro atoms. The Morgan fingerprint density at radius 2 is 0.576 bits per heavy atom. The van der Waals surface area contributed by atoms with E-state index >= 15 is 0 Å². The fraction of sp³-hybridized carbons (Fsp3) is 0.843. The molecule has 0 heterocycles. The number of esters is 2. The molecule has 2 atom stereocenters. The van der Waals surface area contributed by atoms with E-state index in [0.717, 1.165) is 77.0 Å². The Morgan fingerprint density at radius 1 is 0.323 bits per heavy atom. The predicted octanol–water partition coefficient (Wildman–Crippen LogP) is 28.4. The van der Waals surface area contributed by atoms with Gasteiger partial charge in [0.15, 0.2) is 6.10 Å². The van der Waals surface area contributed by atoms with E-state index in [1.165, 1.54) is 321 Å². The fourth-order valence-electron chi connectivity index (χ4n) is 13.0. The normalized spacial score (nSPS) is 13.3. The van der Waals surface area contributed by atoms with Crippen molar-refractivity contribution in [3.8, 4) is 0 Å². The molecule has 99 heavy (non-hydrogen) atoms. The van der Waals surface area contributed by atoms with Gasteiger partial charge in [0.2, 0.25) is 0 Å². The summed E-state index contributed by atoms with van der Waals surface area (Å²) in [5.74, 6) is -0.810. The number of ether oxygens (including phenoxy) is 2. The first-order valence-electron chi connectivity index (χ1n) is 43.1. The minimum Gasteiger partial charge on any atom is -0.756 e. The van der Waals surface area contributed by atoms with Crippen LogP contribution in [0.15, 0.2) is 72.9 Å². The summed E-state index contributed by atoms with van der Waals surface area (Å²) in [7, 11) is 1.19. The first kappa shape index (κ1) is 96.4. The quantitative estimate of drug-likeness (QED) is 0.0195. The van der Waals surface area contributed by atoms with Crippen molar-refractivity contribution in [1.29, 1.82) is 0 Å². The van der Waals surface area contributed by atoms with E-state index in [4.69, 9.17) is 18.5 Å². The van der Waals surface area contributed by atoms with Crippen LogP contribution in [0.25, 0.3) is 0 Å². The Bertz CT molecular complexity index is 1900. The maximum atomic E-state index is 12.9. The van der Waals surface area contributed by atoms with Gasteiger partial charge in [-0.2, -0.15) is 0 Å². The number of rotatable bonds is 81. The van der Waals surface area contributed by atoms with Gasteiger partial charge in [-0.25, -0.2) is 0 Å². The highest BCUT2D eigenvalue weighted by Crippen LogP contribution is 2.38. The van der Waals surface area contributed by atoms with Crippen molar-refractivity contribution < 1.29 is 42.1 Å². The lowest BCUT2D eigenvalue weighted by Crippen LogP contribution is -2.37. The van der Waals surface area contributed by atoms with E-state index in [-0.39, 0.29) is 32.0 Å². The van der Waals surface area contributed by atoms with Crippen molar-refractivity contribution in [3.05, 3.63) is 72.9 Å². The van der Waals surface area contributed by atoms with Crippen molar-refractivity contribution in [2.75, 3.05) is 47.5 Å². The van der Waals surface area contributed by atoms with Gasteiger partial charge in [-0.05, 0) is 64.2 Å². The molecule has 0 aromatic carbocycles. The van der Waals surface area contributed by atoms with Gasteiger partial charge in [-0.3, -0.25) is 14.2 Å². The summed E-state index contributed by atoms with van der Waals surface area (Å²) in [6, 6.07) is 0. The van der Waals surface area contributed by atoms with Gasteiger partial charge in [-0.15, -0.1) is 0 Å². The molecule has 9 nitrogen and oxygen atoms in total. The largest absolute Gasteiger partial charge is 0.756 e. The number of nitrogens with zero attached hydrogens (tertiary/aromatic N) is 1. The summed E-state index contributed by atoms with van der Waals surface area (Å²) in [5, 5.41) is 0. The molecular formula is C89H166NO8P. The zero-order chi connectivity index (χ0) is 71.8. The zero-order valence-corrected chi connectivity index (χ0v) is 67.4. The van der Waals surface area contributed by atoms with Crippen LogP contribution in [0.5, 0.6) is 0 Å². The molecule has 0 aliphatic heterocycles. The number of carbonyl (C=O) groups is 2. The van der Waals surface area contributed by atoms with Gasteiger partial charge in [0, 0.05) is 12.8 Å². The Kier molecular flexibility index (Phi) is 77.5. The van der Waals surface area contributed by atoms with E-state index in [1.54, 1.807) is 0 Å². The second-order valence-electron chi connectivity index (χ2n) is 30.5. The Labute approximate surface area is 616 Å². The minimum atomic E-state index is -4.65. The Morgan fingerprint density at radius 3 is 0.859 bits per heavy atom. The highest BCUT2D eigenvalue weighted by molar-refractivity contribution is 7.45. The predicted molar refractivity (Wildman–Crippen MR) is 430 cm³/mol. The number of unbranched alkanes of at least 4 members (excludes halogenated alkanes) is 55. The van der Waals surface area contributed by atoms with Crippen molar-refractivity contribution in [3.63, 3.8) is 0 Å². The van der Waals surface area contributed by atoms with E-state index in [0.29, 0.717) is 17.4 Å². The second-order valence-corrected chi connectivity index (χ2v) is 31.9. The molecule has 0 aromatic heterocycles. The number of phosphoric ester groups is 1. The third-order valence-electron chi connectivity index (χ3n) is 19.5. The molecule has 0 saturated carbocycles. The van der Waals surface area contributed by atoms with Crippen molar-refractivity contribution >= 4 is 19.8 Å². The third kappa shape index (κ3) is 84.3. The molecule has 2 unspecified atom stereocenters. The molecule has 0 N–H and O–H groups in total. The number of hydrogen-bond donors (Lipinski definition) is 0. The molecule has 0 bridgehead atoms. The number of phosphoric acid groups is 1. The first-order valence-corrected chi connectivity index (χ1v) is 44.6. The fourth-order valence-corrected chi connectivity index (χ4v) is 13.7. The van der Waals surface area contributed by atoms with E-state index in [1.807, 2.05) is 21.1 Å². The smallest absolute Gasteiger partial charge is 0.306 e. The summed E-state index contributed by atoms with van der Waals surface area (Å²) in [6.07, 6.45) is 109. The summed E-state index contributed by atoms with van der Waals surface area (Å²) < 4.78 is 34.5. The summed E-state index contributed by atoms with van der Waals surface area (Å²) >= 11 is 0. The monoisotopic (exact) mass is 1410 g/mol. The second kappa shape index (κ2) is 79.6. The number of allylic oxidation sites excluding steroid dienone is 12. The minimum absolute atomic E-state index is 0.0292. The van der Waals surface area contributed by atoms with Crippen LogP contribution in [0.4, 0.5) is 0 Å². The zero-order valence-electron chi connectivity index (χ0n) is 66.5. The van der Waals surface area contributed by atoms with Crippen LogP contribution in [0.1, 0.15) is 431 Å². The average molecular weight is 1410 g/mol. The molecule has 0 amide bonds. The van der Waals surface area contributed by atoms with Crippen LogP contribution in [0, 0.1) is 0 Å². The first-order chi connectivity index (χ1) is 48.5. The van der Waals surface area contributed by atoms with Crippen LogP contribution in [0.3, 0.4) is 0 Å². The molecule has 0 aliphatic rings. The van der Waals surface area contributed by atoms with E-state index in [9.17, 15) is 19.0 Å². The van der Waals surface area contributed by atoms with Crippen LogP contribution in [-0.2, 0) is 32.7 Å². The molecule has 0 saturated heterocycles. The van der Waals surface area contributed by atoms with Crippen LogP contribution in [-0.4, -0.2) is 70.0 Å². The number of likely N-dealkylation sites (N-methyl/N-ethyl adjacent to an activating group) is 1. The Balaban J connectivity index is 3.88. The lowest BCUT2D eigenvalue weighted by atomic mass is 10.0. The summed E-state index contributed by atoms with van der Waals surface area (Å²) in [6.45, 7) is 4.20. The summed E-state index contributed by atoms with van der Waals surface area (Å²) in [5.41, 5.74) is 0. The molecule has 580 valence electrons. The van der Waals surface area contributed by atoms with Crippen LogP contribution >= 0.6 is 7.82 Å². The lowest BCUT2D eigenvalue weighted by Gasteiger charge is -2.28. The molecule has 0 rings (SSSR count). The molecular weight excluding hydrogens is 1240 g/mol. The molecule has 0 radical (unpaired) electrons. The highest BCUT2D eigenvalue weighted by atomic mass is 31.2. The molecule has 0 aliphatic carbocycles. The highest BCUT2D eigenvalue weighted by Gasteiger charge is 2.22. The number of hydrogen-bond acceptors (Lipinski definition) is 8. The van der Waals surface area contributed by atoms with Gasteiger partial charge in [-0.1, -0.05) is 427 Å². The lowest BCUT2D eigenvalue weighted by molar-refractivity contribution is -0.870. The maximum Gasteiger partial charge on any atom is 0.306 e. The SMILES string of the molecule is CC/C=C\C/C=C\C/C=C\C/C=C\C/C=C\C/C=C\CCCCCCCCCCCCCCCCCCCCC(=O)OC(COC(=O)CCCCCCCCCCCCCCCCCCCCCCCCCCCCCCCCCCCCCCCC)COP(=O)([O-])OCC[N+](C)(C)C. The van der Waals surface area contributed by atoms with Gasteiger partial charge in [0.1, 0.15) is 19.8 Å². The van der Waals surface area contributed by atoms with E-state index < -0.39 is 26.5 Å². The van der Waals surface area contributed by atoms with Gasteiger partial charge < -0.3 is 27.9 Å². The molecule has 0 fully saturated rings. The standard InChI is InChI=1S/C89H166NO8P/c1-6-8-10-12-14-16-18-20-22-24-26-28-30-32-34-36-38-40-42-44-46-47-49-51-53-55-57-59-61-63-65-67-69-71-73-75-77-79-81-88(91)95-85-87(86-97-99(93,94)96-84-83-90(3,4)5)98-89(92)82-80-78-76-74-72-70-68-66-64-62-60-58-56-54-52-50-48-45-43-41-39-37-35-33-31-29-27-25-23-21-19-17-15-13-11-9-7-2/h9,11,15,17,21,23,27,29,33,35,39,41,87H,6-8,10,12-14,16,18-20,22,24-26,28,30-32,34,36-38,40,42-86H2,1-5H3/b11-9-,17-15-,23-21-,29-27-,35-33-,41-39-. The topological polar surface area (TPSA) is 111 Å². The van der Waals surface area contributed by atoms with Crippen molar-refractivity contribution in [2.45, 2.75) is 437 Å². The number of quaternary nitrogens is 1. The third-order valence-corrected chi connectivity index (χ3v) is 20.5.